The van der Waals surface area contributed by atoms with E-state index < -0.39 is 0 Å². The number of aromatic amines is 1. The van der Waals surface area contributed by atoms with Gasteiger partial charge in [0, 0.05) is 10.9 Å². The molecule has 2 aromatic heterocycles. The second-order valence-electron chi connectivity index (χ2n) is 6.65. The second-order valence-corrected chi connectivity index (χ2v) is 8.14. The highest BCUT2D eigenvalue weighted by Crippen LogP contribution is 2.40. The molecule has 3 atom stereocenters. The Morgan fingerprint density at radius 3 is 2.81 bits per heavy atom. The molecule has 1 N–H and O–H groups in total. The fourth-order valence-corrected chi connectivity index (χ4v) is 5.76. The lowest BCUT2D eigenvalue weighted by atomic mass is 9.97. The summed E-state index contributed by atoms with van der Waals surface area (Å²) in [6.07, 6.45) is 5.60. The molecule has 0 amide bonds. The maximum atomic E-state index is 13.1. The Morgan fingerprint density at radius 2 is 2.10 bits per heavy atom. The summed E-state index contributed by atoms with van der Waals surface area (Å²) in [6, 6.07) is 0.262. The van der Waals surface area contributed by atoms with Gasteiger partial charge < -0.3 is 4.98 Å². The van der Waals surface area contributed by atoms with Crippen LogP contribution in [0.1, 0.15) is 49.6 Å². The molecule has 3 nitrogen and oxygen atoms in total. The van der Waals surface area contributed by atoms with E-state index in [9.17, 15) is 4.79 Å². The molecule has 1 saturated carbocycles. The number of nitrogens with zero attached hydrogens (tertiary/aromatic N) is 1. The van der Waals surface area contributed by atoms with E-state index in [0.717, 1.165) is 29.5 Å². The van der Waals surface area contributed by atoms with Gasteiger partial charge in [-0.1, -0.05) is 13.8 Å². The Labute approximate surface area is 133 Å². The zero-order valence-corrected chi connectivity index (χ0v) is 14.1. The molecule has 5 heteroatoms. The van der Waals surface area contributed by atoms with E-state index >= 15 is 0 Å². The number of aromatic nitrogens is 2. The first-order valence-corrected chi connectivity index (χ1v) is 9.09. The first kappa shape index (κ1) is 13.7. The summed E-state index contributed by atoms with van der Waals surface area (Å²) in [5, 5.41) is 0.924. The van der Waals surface area contributed by atoms with Crippen molar-refractivity contribution in [2.24, 2.45) is 11.8 Å². The van der Waals surface area contributed by atoms with Crippen molar-refractivity contribution in [2.45, 2.75) is 52.0 Å². The van der Waals surface area contributed by atoms with E-state index in [0.29, 0.717) is 16.6 Å². The fourth-order valence-electron chi connectivity index (χ4n) is 4.09. The van der Waals surface area contributed by atoms with Gasteiger partial charge in [-0.05, 0) is 61.7 Å². The van der Waals surface area contributed by atoms with Gasteiger partial charge in [-0.15, -0.1) is 11.3 Å². The molecule has 0 aromatic carbocycles. The van der Waals surface area contributed by atoms with Crippen LogP contribution in [0, 0.1) is 16.6 Å². The number of fused-ring (bicyclic) bond motifs is 3. The Morgan fingerprint density at radius 1 is 1.29 bits per heavy atom. The predicted molar refractivity (Wildman–Crippen MR) is 89.9 cm³/mol. The Bertz CT molecular complexity index is 829. The topological polar surface area (TPSA) is 37.8 Å². The third-order valence-corrected chi connectivity index (χ3v) is 7.05. The lowest BCUT2D eigenvalue weighted by Crippen LogP contribution is -2.28. The van der Waals surface area contributed by atoms with Crippen LogP contribution in [0.3, 0.4) is 0 Å². The van der Waals surface area contributed by atoms with Gasteiger partial charge in [0.15, 0.2) is 4.77 Å². The van der Waals surface area contributed by atoms with Crippen molar-refractivity contribution in [1.82, 2.24) is 9.55 Å². The van der Waals surface area contributed by atoms with Crippen LogP contribution >= 0.6 is 23.6 Å². The standard InChI is InChI=1S/C16H20N2OS2/c1-8-6-7-11(9(8)2)18-15(19)13-10-4-3-5-12(10)21-14(13)17-16(18)20/h8-9,11H,3-7H2,1-2H3,(H,17,20). The summed E-state index contributed by atoms with van der Waals surface area (Å²) in [4.78, 5) is 18.8. The Hall–Kier alpha value is -0.940. The van der Waals surface area contributed by atoms with Crippen LogP contribution in [-0.4, -0.2) is 9.55 Å². The van der Waals surface area contributed by atoms with E-state index in [2.05, 4.69) is 18.8 Å². The van der Waals surface area contributed by atoms with Crippen molar-refractivity contribution in [3.05, 3.63) is 25.6 Å². The molecule has 0 saturated heterocycles. The number of thiophene rings is 1. The number of hydrogen-bond acceptors (Lipinski definition) is 3. The van der Waals surface area contributed by atoms with Gasteiger partial charge in [-0.2, -0.15) is 0 Å². The molecule has 0 aliphatic heterocycles. The van der Waals surface area contributed by atoms with E-state index in [1.165, 1.54) is 23.3 Å². The smallest absolute Gasteiger partial charge is 0.263 e. The van der Waals surface area contributed by atoms with Crippen molar-refractivity contribution in [3.63, 3.8) is 0 Å². The van der Waals surface area contributed by atoms with Crippen molar-refractivity contribution in [2.75, 3.05) is 0 Å². The summed E-state index contributed by atoms with van der Waals surface area (Å²) in [5.74, 6) is 1.18. The molecule has 2 heterocycles. The average molecular weight is 320 g/mol. The number of rotatable bonds is 1. The molecule has 1 fully saturated rings. The molecule has 21 heavy (non-hydrogen) atoms. The van der Waals surface area contributed by atoms with Gasteiger partial charge in [-0.3, -0.25) is 9.36 Å². The van der Waals surface area contributed by atoms with E-state index in [1.807, 2.05) is 4.57 Å². The zero-order valence-electron chi connectivity index (χ0n) is 12.4. The highest BCUT2D eigenvalue weighted by Gasteiger charge is 2.33. The van der Waals surface area contributed by atoms with Crippen molar-refractivity contribution < 1.29 is 0 Å². The molecular formula is C16H20N2OS2. The molecule has 0 radical (unpaired) electrons. The highest BCUT2D eigenvalue weighted by molar-refractivity contribution is 7.71. The summed E-state index contributed by atoms with van der Waals surface area (Å²) in [6.45, 7) is 4.54. The molecule has 112 valence electrons. The van der Waals surface area contributed by atoms with Gasteiger partial charge in [0.05, 0.1) is 5.39 Å². The third-order valence-electron chi connectivity index (χ3n) is 5.55. The summed E-state index contributed by atoms with van der Waals surface area (Å²) in [7, 11) is 0. The lowest BCUT2D eigenvalue weighted by molar-refractivity contribution is 0.343. The first-order chi connectivity index (χ1) is 10.1. The summed E-state index contributed by atoms with van der Waals surface area (Å²) < 4.78 is 2.50. The van der Waals surface area contributed by atoms with Crippen LogP contribution in [0.2, 0.25) is 0 Å². The molecular weight excluding hydrogens is 300 g/mol. The largest absolute Gasteiger partial charge is 0.323 e. The third kappa shape index (κ3) is 1.90. The zero-order chi connectivity index (χ0) is 14.7. The van der Waals surface area contributed by atoms with Gasteiger partial charge in [0.2, 0.25) is 0 Å². The van der Waals surface area contributed by atoms with Crippen molar-refractivity contribution in [3.8, 4) is 0 Å². The van der Waals surface area contributed by atoms with Crippen molar-refractivity contribution >= 4 is 33.8 Å². The molecule has 2 aromatic rings. The minimum Gasteiger partial charge on any atom is -0.323 e. The predicted octanol–water partition coefficient (Wildman–Crippen LogP) is 4.22. The molecule has 2 aliphatic rings. The van der Waals surface area contributed by atoms with Crippen LogP contribution in [0.15, 0.2) is 4.79 Å². The number of H-pyrrole nitrogens is 1. The Balaban J connectivity index is 1.98. The summed E-state index contributed by atoms with van der Waals surface area (Å²) >= 11 is 7.25. The normalized spacial score (nSPS) is 28.4. The van der Waals surface area contributed by atoms with E-state index in [-0.39, 0.29) is 11.6 Å². The summed E-state index contributed by atoms with van der Waals surface area (Å²) in [5.41, 5.74) is 1.44. The number of hydrogen-bond donors (Lipinski definition) is 1. The van der Waals surface area contributed by atoms with E-state index in [4.69, 9.17) is 12.2 Å². The fraction of sp³-hybridized carbons (Fsp3) is 0.625. The molecule has 4 rings (SSSR count). The molecule has 0 spiro atoms. The molecule has 3 unspecified atom stereocenters. The molecule has 0 bridgehead atoms. The van der Waals surface area contributed by atoms with E-state index in [1.54, 1.807) is 11.3 Å². The first-order valence-electron chi connectivity index (χ1n) is 7.87. The van der Waals surface area contributed by atoms with Crippen LogP contribution in [-0.2, 0) is 12.8 Å². The quantitative estimate of drug-likeness (QED) is 0.799. The van der Waals surface area contributed by atoms with Crippen LogP contribution in [0.5, 0.6) is 0 Å². The Kier molecular flexibility index (Phi) is 3.12. The van der Waals surface area contributed by atoms with Crippen LogP contribution in [0.25, 0.3) is 10.2 Å². The van der Waals surface area contributed by atoms with Crippen molar-refractivity contribution in [1.29, 1.82) is 0 Å². The molecule has 2 aliphatic carbocycles. The maximum absolute atomic E-state index is 13.1. The SMILES string of the molecule is CC1CCC(n2c(=S)[nH]c3sc4c(c3c2=O)CCC4)C1C. The minimum absolute atomic E-state index is 0.152. The monoisotopic (exact) mass is 320 g/mol. The minimum atomic E-state index is 0.152. The highest BCUT2D eigenvalue weighted by atomic mass is 32.1. The van der Waals surface area contributed by atoms with Gasteiger partial charge >= 0.3 is 0 Å². The number of nitrogens with one attached hydrogen (secondary N) is 1. The van der Waals surface area contributed by atoms with Crippen LogP contribution < -0.4 is 5.56 Å². The van der Waals surface area contributed by atoms with Crippen LogP contribution in [0.4, 0.5) is 0 Å². The lowest BCUT2D eigenvalue weighted by Gasteiger charge is -2.21. The number of aryl methyl sites for hydroxylation is 2. The second kappa shape index (κ2) is 4.78. The van der Waals surface area contributed by atoms with Gasteiger partial charge in [0.1, 0.15) is 4.83 Å². The maximum Gasteiger partial charge on any atom is 0.263 e. The van der Waals surface area contributed by atoms with Gasteiger partial charge in [-0.25, -0.2) is 0 Å². The average Bonchev–Trinajstić information content (AvgIpc) is 3.08. The van der Waals surface area contributed by atoms with Gasteiger partial charge in [0.25, 0.3) is 5.56 Å².